The number of nitrogens with two attached hydrogens (primary N) is 1. The van der Waals surface area contributed by atoms with Crippen LogP contribution in [0.15, 0.2) is 60.8 Å². The van der Waals surface area contributed by atoms with Crippen molar-refractivity contribution in [3.05, 3.63) is 60.8 Å². The molecule has 0 spiro atoms. The molecule has 0 saturated heterocycles. The van der Waals surface area contributed by atoms with Crippen LogP contribution in [0.1, 0.15) is 129 Å². The molecule has 4 atom stereocenters. The molecule has 0 aliphatic carbocycles. The van der Waals surface area contributed by atoms with Gasteiger partial charge in [0.15, 0.2) is 6.10 Å². The van der Waals surface area contributed by atoms with Crippen LogP contribution in [-0.2, 0) is 32.7 Å². The second kappa shape index (κ2) is 34.7. The Labute approximate surface area is 307 Å². The number of carbonyl (C=O) groups excluding carboxylic acids is 2. The molecule has 12 heteroatoms. The van der Waals surface area contributed by atoms with E-state index in [0.717, 1.165) is 64.2 Å². The Hall–Kier alpha value is -2.37. The van der Waals surface area contributed by atoms with Crippen molar-refractivity contribution in [3.8, 4) is 0 Å². The van der Waals surface area contributed by atoms with E-state index in [1.165, 1.54) is 12.8 Å². The lowest BCUT2D eigenvalue weighted by molar-refractivity contribution is -0.161. The van der Waals surface area contributed by atoms with Crippen LogP contribution in [0.5, 0.6) is 0 Å². The molecule has 0 aliphatic rings. The number of rotatable bonds is 34. The molecule has 1 unspecified atom stereocenters. The zero-order valence-corrected chi connectivity index (χ0v) is 32.2. The summed E-state index contributed by atoms with van der Waals surface area (Å²) in [6.45, 7) is 3.19. The molecular formula is C39H68NO10P. The highest BCUT2D eigenvalue weighted by atomic mass is 31.2. The van der Waals surface area contributed by atoms with Crippen LogP contribution in [0.25, 0.3) is 0 Å². The number of hydrogen-bond acceptors (Lipinski definition) is 10. The van der Waals surface area contributed by atoms with Crippen LogP contribution in [0.4, 0.5) is 0 Å². The van der Waals surface area contributed by atoms with Gasteiger partial charge in [0.05, 0.1) is 25.4 Å². The van der Waals surface area contributed by atoms with E-state index in [9.17, 15) is 29.3 Å². The normalized spacial score (nSPS) is 15.3. The quantitative estimate of drug-likeness (QED) is 0.0217. The molecule has 0 radical (unpaired) electrons. The van der Waals surface area contributed by atoms with Crippen molar-refractivity contribution in [2.45, 2.75) is 148 Å². The van der Waals surface area contributed by atoms with Gasteiger partial charge in [0.1, 0.15) is 6.61 Å². The topological polar surface area (TPSA) is 175 Å². The number of ether oxygens (including phenoxy) is 2. The fourth-order valence-corrected chi connectivity index (χ4v) is 5.41. The Morgan fingerprint density at radius 3 is 1.92 bits per heavy atom. The Morgan fingerprint density at radius 1 is 0.686 bits per heavy atom. The first-order chi connectivity index (χ1) is 24.6. The summed E-state index contributed by atoms with van der Waals surface area (Å²) in [5.74, 6) is -1.14. The van der Waals surface area contributed by atoms with Crippen LogP contribution in [-0.4, -0.2) is 71.7 Å². The third-order valence-electron chi connectivity index (χ3n) is 7.59. The molecule has 0 aromatic carbocycles. The summed E-state index contributed by atoms with van der Waals surface area (Å²) in [6, 6.07) is 0. The van der Waals surface area contributed by atoms with Crippen molar-refractivity contribution in [1.29, 1.82) is 0 Å². The van der Waals surface area contributed by atoms with Crippen LogP contribution in [0, 0.1) is 0 Å². The number of phosphoric ester groups is 1. The van der Waals surface area contributed by atoms with E-state index >= 15 is 0 Å². The highest BCUT2D eigenvalue weighted by Crippen LogP contribution is 2.43. The van der Waals surface area contributed by atoms with E-state index < -0.39 is 44.7 Å². The summed E-state index contributed by atoms with van der Waals surface area (Å²) >= 11 is 0. The minimum absolute atomic E-state index is 0.00399. The summed E-state index contributed by atoms with van der Waals surface area (Å²) in [5.41, 5.74) is 5.31. The minimum Gasteiger partial charge on any atom is -0.462 e. The van der Waals surface area contributed by atoms with E-state index in [-0.39, 0.29) is 51.9 Å². The predicted molar refractivity (Wildman–Crippen MR) is 204 cm³/mol. The van der Waals surface area contributed by atoms with Crippen molar-refractivity contribution in [2.75, 3.05) is 26.4 Å². The summed E-state index contributed by atoms with van der Waals surface area (Å²) in [6.07, 6.45) is 31.5. The van der Waals surface area contributed by atoms with Gasteiger partial charge in [-0.15, -0.1) is 0 Å². The van der Waals surface area contributed by atoms with E-state index in [2.05, 4.69) is 56.4 Å². The fourth-order valence-electron chi connectivity index (χ4n) is 4.64. The average Bonchev–Trinajstić information content (AvgIpc) is 3.11. The molecule has 0 bridgehead atoms. The molecule has 294 valence electrons. The SMILES string of the molecule is CC/C=C\C/C=C\C/C=C\C/C=C\C[C@@H](O)[C@H](O)CCCC(=O)O[C@H](COC(=O)CCCCCCC/C=C\CCCC)COP(=O)(O)OCCN. The van der Waals surface area contributed by atoms with Crippen molar-refractivity contribution >= 4 is 19.8 Å². The number of allylic oxidation sites excluding steroid dienone is 9. The second-order valence-electron chi connectivity index (χ2n) is 12.4. The molecule has 0 aromatic heterocycles. The van der Waals surface area contributed by atoms with Gasteiger partial charge >= 0.3 is 19.8 Å². The van der Waals surface area contributed by atoms with E-state index in [0.29, 0.717) is 6.42 Å². The average molecular weight is 742 g/mol. The Morgan fingerprint density at radius 2 is 1.27 bits per heavy atom. The smallest absolute Gasteiger partial charge is 0.462 e. The number of carbonyl (C=O) groups is 2. The summed E-state index contributed by atoms with van der Waals surface area (Å²) in [5, 5.41) is 20.6. The minimum atomic E-state index is -4.46. The summed E-state index contributed by atoms with van der Waals surface area (Å²) in [7, 11) is -4.46. The highest BCUT2D eigenvalue weighted by molar-refractivity contribution is 7.47. The van der Waals surface area contributed by atoms with Gasteiger partial charge in [0.25, 0.3) is 0 Å². The van der Waals surface area contributed by atoms with Crippen molar-refractivity contribution < 1.29 is 47.8 Å². The first-order valence-corrected chi connectivity index (χ1v) is 20.4. The molecule has 0 aliphatic heterocycles. The second-order valence-corrected chi connectivity index (χ2v) is 13.8. The number of esters is 2. The molecule has 0 saturated carbocycles. The molecule has 0 fully saturated rings. The van der Waals surface area contributed by atoms with Gasteiger partial charge < -0.3 is 30.3 Å². The Bertz CT molecular complexity index is 1060. The van der Waals surface area contributed by atoms with Gasteiger partial charge in [-0.25, -0.2) is 4.57 Å². The van der Waals surface area contributed by atoms with Crippen LogP contribution >= 0.6 is 7.82 Å². The van der Waals surface area contributed by atoms with Gasteiger partial charge in [0.2, 0.25) is 0 Å². The van der Waals surface area contributed by atoms with Gasteiger partial charge in [-0.2, -0.15) is 0 Å². The zero-order chi connectivity index (χ0) is 37.8. The summed E-state index contributed by atoms with van der Waals surface area (Å²) < 4.78 is 32.4. The number of unbranched alkanes of at least 4 members (excludes halogenated alkanes) is 7. The van der Waals surface area contributed by atoms with Crippen LogP contribution in [0.2, 0.25) is 0 Å². The van der Waals surface area contributed by atoms with Gasteiger partial charge in [-0.05, 0) is 70.6 Å². The number of phosphoric acid groups is 1. The monoisotopic (exact) mass is 741 g/mol. The lowest BCUT2D eigenvalue weighted by Crippen LogP contribution is -2.30. The lowest BCUT2D eigenvalue weighted by atomic mass is 10.0. The van der Waals surface area contributed by atoms with Crippen molar-refractivity contribution in [3.63, 3.8) is 0 Å². The van der Waals surface area contributed by atoms with E-state index in [4.69, 9.17) is 24.3 Å². The van der Waals surface area contributed by atoms with Crippen molar-refractivity contribution in [2.24, 2.45) is 5.73 Å². The standard InChI is InChI=1S/C39H68NO10P/c1-3-5-7-9-11-13-15-17-18-20-22-24-27-36(41)37(42)28-26-30-39(44)50-35(34-49-51(45,46)48-32-31-40)33-47-38(43)29-25-23-21-19-16-14-12-10-8-6-4-2/h5,7,10-13,17-18,22,24,35-37,41-42H,3-4,6,8-9,14-16,19-21,23,25-34,40H2,1-2H3,(H,45,46)/b7-5-,12-10-,13-11-,18-17-,24-22-/t35-,36-,37-/m1/s1. The molecule has 0 amide bonds. The molecule has 0 aromatic rings. The van der Waals surface area contributed by atoms with E-state index in [1.807, 2.05) is 18.2 Å². The zero-order valence-electron chi connectivity index (χ0n) is 31.3. The van der Waals surface area contributed by atoms with Crippen molar-refractivity contribution in [1.82, 2.24) is 0 Å². The predicted octanol–water partition coefficient (Wildman–Crippen LogP) is 8.10. The Kier molecular flexibility index (Phi) is 33.1. The molecule has 5 N–H and O–H groups in total. The maximum absolute atomic E-state index is 12.6. The summed E-state index contributed by atoms with van der Waals surface area (Å²) in [4.78, 5) is 34.7. The maximum Gasteiger partial charge on any atom is 0.472 e. The maximum atomic E-state index is 12.6. The number of aliphatic hydroxyl groups excluding tert-OH is 2. The third kappa shape index (κ3) is 33.2. The molecule has 0 rings (SSSR count). The van der Waals surface area contributed by atoms with Gasteiger partial charge in [-0.1, -0.05) is 107 Å². The molecular weight excluding hydrogens is 673 g/mol. The number of hydrogen-bond donors (Lipinski definition) is 4. The lowest BCUT2D eigenvalue weighted by Gasteiger charge is -2.20. The van der Waals surface area contributed by atoms with Gasteiger partial charge in [0, 0.05) is 19.4 Å². The molecule has 0 heterocycles. The Balaban J connectivity index is 4.53. The van der Waals surface area contributed by atoms with E-state index in [1.54, 1.807) is 0 Å². The molecule has 51 heavy (non-hydrogen) atoms. The largest absolute Gasteiger partial charge is 0.472 e. The molecule has 11 nitrogen and oxygen atoms in total. The first kappa shape index (κ1) is 48.6. The van der Waals surface area contributed by atoms with Gasteiger partial charge in [-0.3, -0.25) is 18.6 Å². The highest BCUT2D eigenvalue weighted by Gasteiger charge is 2.26. The first-order valence-electron chi connectivity index (χ1n) is 18.9. The number of aliphatic hydroxyl groups is 2. The third-order valence-corrected chi connectivity index (χ3v) is 8.57. The van der Waals surface area contributed by atoms with Crippen LogP contribution < -0.4 is 5.73 Å². The van der Waals surface area contributed by atoms with Crippen LogP contribution in [0.3, 0.4) is 0 Å². The fraction of sp³-hybridized carbons (Fsp3) is 0.692.